The highest BCUT2D eigenvalue weighted by molar-refractivity contribution is 4.75. The molecule has 1 heterocycles. The minimum Gasteiger partial charge on any atom is -0.312 e. The van der Waals surface area contributed by atoms with Gasteiger partial charge in [-0.3, -0.25) is 0 Å². The highest BCUT2D eigenvalue weighted by Gasteiger charge is 2.15. The molecule has 2 nitrogen and oxygen atoms in total. The highest BCUT2D eigenvalue weighted by atomic mass is 15.1. The molecule has 2 atom stereocenters. The van der Waals surface area contributed by atoms with E-state index in [4.69, 9.17) is 0 Å². The van der Waals surface area contributed by atoms with E-state index in [9.17, 15) is 0 Å². The lowest BCUT2D eigenvalue weighted by molar-refractivity contribution is 0.215. The first kappa shape index (κ1) is 18.0. The zero-order valence-corrected chi connectivity index (χ0v) is 14.3. The molecule has 0 amide bonds. The fourth-order valence-corrected chi connectivity index (χ4v) is 3.21. The molecule has 2 unspecified atom stereocenters. The van der Waals surface area contributed by atoms with Crippen molar-refractivity contribution in [3.8, 4) is 0 Å². The van der Waals surface area contributed by atoms with Crippen molar-refractivity contribution in [3.05, 3.63) is 0 Å². The number of hydrogen-bond donors (Lipinski definition) is 1. The van der Waals surface area contributed by atoms with Crippen molar-refractivity contribution < 1.29 is 0 Å². The second-order valence-corrected chi connectivity index (χ2v) is 6.86. The molecule has 0 radical (unpaired) electrons. The molecule has 1 rings (SSSR count). The minimum absolute atomic E-state index is 0.686. The van der Waals surface area contributed by atoms with Crippen LogP contribution in [0.5, 0.6) is 0 Å². The maximum absolute atomic E-state index is 3.68. The Morgan fingerprint density at radius 2 is 1.30 bits per heavy atom. The van der Waals surface area contributed by atoms with Crippen LogP contribution in [0.3, 0.4) is 0 Å². The number of nitrogens with one attached hydrogen (secondary N) is 1. The molecule has 1 N–H and O–H groups in total. The summed E-state index contributed by atoms with van der Waals surface area (Å²) >= 11 is 0. The van der Waals surface area contributed by atoms with Gasteiger partial charge in [0, 0.05) is 12.1 Å². The molecule has 2 heteroatoms. The first-order valence-corrected chi connectivity index (χ1v) is 9.20. The molecule has 0 aromatic carbocycles. The first-order chi connectivity index (χ1) is 9.72. The topological polar surface area (TPSA) is 15.3 Å². The summed E-state index contributed by atoms with van der Waals surface area (Å²) in [7, 11) is 0. The van der Waals surface area contributed by atoms with Crippen molar-refractivity contribution >= 4 is 0 Å². The van der Waals surface area contributed by atoms with E-state index in [2.05, 4.69) is 31.0 Å². The Hall–Kier alpha value is -0.0800. The zero-order chi connectivity index (χ0) is 14.6. The van der Waals surface area contributed by atoms with Gasteiger partial charge in [0.1, 0.15) is 0 Å². The fraction of sp³-hybridized carbons (Fsp3) is 1.00. The average Bonchev–Trinajstić information content (AvgIpc) is 2.42. The van der Waals surface area contributed by atoms with E-state index < -0.39 is 0 Å². The molecule has 1 fully saturated rings. The van der Waals surface area contributed by atoms with Crippen molar-refractivity contribution in [1.82, 2.24) is 10.2 Å². The van der Waals surface area contributed by atoms with Crippen LogP contribution in [-0.4, -0.2) is 36.6 Å². The van der Waals surface area contributed by atoms with Gasteiger partial charge in [-0.2, -0.15) is 0 Å². The molecule has 0 aromatic rings. The van der Waals surface area contributed by atoms with Gasteiger partial charge in [-0.25, -0.2) is 0 Å². The monoisotopic (exact) mass is 282 g/mol. The van der Waals surface area contributed by atoms with Crippen molar-refractivity contribution in [2.24, 2.45) is 0 Å². The van der Waals surface area contributed by atoms with Gasteiger partial charge in [-0.05, 0) is 52.7 Å². The van der Waals surface area contributed by atoms with Crippen LogP contribution < -0.4 is 5.32 Å². The van der Waals surface area contributed by atoms with Crippen LogP contribution in [0.2, 0.25) is 0 Å². The number of nitrogens with zero attached hydrogens (tertiary/aromatic N) is 1. The van der Waals surface area contributed by atoms with Crippen LogP contribution in [0.1, 0.15) is 85.0 Å². The molecule has 0 spiro atoms. The smallest absolute Gasteiger partial charge is 0.00533 e. The zero-order valence-electron chi connectivity index (χ0n) is 14.3. The summed E-state index contributed by atoms with van der Waals surface area (Å²) in [5.41, 5.74) is 0. The van der Waals surface area contributed by atoms with Crippen LogP contribution >= 0.6 is 0 Å². The lowest BCUT2D eigenvalue weighted by Gasteiger charge is -2.30. The summed E-state index contributed by atoms with van der Waals surface area (Å²) in [6, 6.07) is 1.37. The third-order valence-corrected chi connectivity index (χ3v) is 4.65. The maximum Gasteiger partial charge on any atom is 0.00533 e. The normalized spacial score (nSPS) is 25.4. The molecule has 1 aliphatic rings. The SMILES string of the molecule is CCCCCCCCCCN1CCC(C)NC(C)CC1. The average molecular weight is 283 g/mol. The highest BCUT2D eigenvalue weighted by Crippen LogP contribution is 2.11. The number of rotatable bonds is 9. The van der Waals surface area contributed by atoms with E-state index in [1.54, 1.807) is 0 Å². The van der Waals surface area contributed by atoms with Crippen LogP contribution in [0.4, 0.5) is 0 Å². The summed E-state index contributed by atoms with van der Waals surface area (Å²) in [4.78, 5) is 2.70. The predicted octanol–water partition coefficient (Wildman–Crippen LogP) is 4.59. The van der Waals surface area contributed by atoms with Gasteiger partial charge >= 0.3 is 0 Å². The predicted molar refractivity (Wildman–Crippen MR) is 90.3 cm³/mol. The first-order valence-electron chi connectivity index (χ1n) is 9.20. The van der Waals surface area contributed by atoms with Crippen LogP contribution in [0, 0.1) is 0 Å². The van der Waals surface area contributed by atoms with E-state index in [1.165, 1.54) is 83.8 Å². The van der Waals surface area contributed by atoms with Crippen molar-refractivity contribution in [1.29, 1.82) is 0 Å². The summed E-state index contributed by atoms with van der Waals surface area (Å²) in [6.07, 6.45) is 14.1. The Morgan fingerprint density at radius 3 is 1.85 bits per heavy atom. The van der Waals surface area contributed by atoms with Gasteiger partial charge in [0.15, 0.2) is 0 Å². The summed E-state index contributed by atoms with van der Waals surface area (Å²) in [5.74, 6) is 0. The summed E-state index contributed by atoms with van der Waals surface area (Å²) in [5, 5.41) is 3.68. The Labute approximate surface area is 127 Å². The third kappa shape index (κ3) is 8.97. The van der Waals surface area contributed by atoms with E-state index in [0.717, 1.165) is 0 Å². The molecule has 0 aliphatic carbocycles. The molecular formula is C18H38N2. The van der Waals surface area contributed by atoms with E-state index in [1.807, 2.05) is 0 Å². The molecule has 0 saturated carbocycles. The van der Waals surface area contributed by atoms with Crippen molar-refractivity contribution in [2.75, 3.05) is 19.6 Å². The summed E-state index contributed by atoms with van der Waals surface area (Å²) in [6.45, 7) is 10.9. The van der Waals surface area contributed by atoms with Crippen molar-refractivity contribution in [3.63, 3.8) is 0 Å². The molecular weight excluding hydrogens is 244 g/mol. The van der Waals surface area contributed by atoms with Crippen molar-refractivity contribution in [2.45, 2.75) is 97.1 Å². The lowest BCUT2D eigenvalue weighted by Crippen LogP contribution is -2.43. The fourth-order valence-electron chi connectivity index (χ4n) is 3.21. The Balaban J connectivity index is 2.00. The lowest BCUT2D eigenvalue weighted by atomic mass is 10.1. The molecule has 0 bridgehead atoms. The molecule has 20 heavy (non-hydrogen) atoms. The minimum atomic E-state index is 0.686. The van der Waals surface area contributed by atoms with Gasteiger partial charge in [-0.1, -0.05) is 51.9 Å². The standard InChI is InChI=1S/C18H38N2/c1-4-5-6-7-8-9-10-11-14-20-15-12-17(2)19-18(3)13-16-20/h17-19H,4-16H2,1-3H3. The number of unbranched alkanes of at least 4 members (excludes halogenated alkanes) is 7. The van der Waals surface area contributed by atoms with Gasteiger partial charge < -0.3 is 10.2 Å². The second kappa shape index (κ2) is 11.6. The second-order valence-electron chi connectivity index (χ2n) is 6.86. The van der Waals surface area contributed by atoms with Gasteiger partial charge in [-0.15, -0.1) is 0 Å². The summed E-state index contributed by atoms with van der Waals surface area (Å²) < 4.78 is 0. The van der Waals surface area contributed by atoms with Gasteiger partial charge in [0.05, 0.1) is 0 Å². The van der Waals surface area contributed by atoms with E-state index >= 15 is 0 Å². The molecule has 1 aliphatic heterocycles. The largest absolute Gasteiger partial charge is 0.312 e. The van der Waals surface area contributed by atoms with Crippen LogP contribution in [0.15, 0.2) is 0 Å². The number of hydrogen-bond acceptors (Lipinski definition) is 2. The van der Waals surface area contributed by atoms with Gasteiger partial charge in [0.25, 0.3) is 0 Å². The van der Waals surface area contributed by atoms with E-state index in [0.29, 0.717) is 12.1 Å². The molecule has 0 aromatic heterocycles. The third-order valence-electron chi connectivity index (χ3n) is 4.65. The van der Waals surface area contributed by atoms with Gasteiger partial charge in [0.2, 0.25) is 0 Å². The molecule has 120 valence electrons. The van der Waals surface area contributed by atoms with Crippen LogP contribution in [-0.2, 0) is 0 Å². The molecule has 1 saturated heterocycles. The van der Waals surface area contributed by atoms with Crippen LogP contribution in [0.25, 0.3) is 0 Å². The van der Waals surface area contributed by atoms with E-state index in [-0.39, 0.29) is 0 Å². The Morgan fingerprint density at radius 1 is 0.800 bits per heavy atom. The Kier molecular flexibility index (Phi) is 10.4. The Bertz CT molecular complexity index is 205. The maximum atomic E-state index is 3.68. The quantitative estimate of drug-likeness (QED) is 0.622.